The van der Waals surface area contributed by atoms with Gasteiger partial charge in [-0.25, -0.2) is 9.78 Å². The second-order valence-corrected chi connectivity index (χ2v) is 5.38. The SMILES string of the molecule is COC(=O)[C@H](Cc1cnc[nH]1)N(C)C(=O)C=Cc1ccc(OC)cc1. The van der Waals surface area contributed by atoms with Gasteiger partial charge in [-0.2, -0.15) is 0 Å². The zero-order valence-electron chi connectivity index (χ0n) is 14.4. The monoisotopic (exact) mass is 343 g/mol. The Kier molecular flexibility index (Phi) is 6.33. The summed E-state index contributed by atoms with van der Waals surface area (Å²) in [6.45, 7) is 0. The fraction of sp³-hybridized carbons (Fsp3) is 0.278. The first-order valence-electron chi connectivity index (χ1n) is 7.69. The van der Waals surface area contributed by atoms with Crippen LogP contribution in [-0.4, -0.2) is 54.1 Å². The van der Waals surface area contributed by atoms with E-state index in [-0.39, 0.29) is 5.91 Å². The molecule has 25 heavy (non-hydrogen) atoms. The van der Waals surface area contributed by atoms with Gasteiger partial charge in [-0.05, 0) is 23.8 Å². The molecule has 0 bridgehead atoms. The molecule has 1 atom stereocenters. The van der Waals surface area contributed by atoms with E-state index in [0.717, 1.165) is 17.0 Å². The molecule has 1 aromatic carbocycles. The maximum absolute atomic E-state index is 12.4. The maximum Gasteiger partial charge on any atom is 0.328 e. The summed E-state index contributed by atoms with van der Waals surface area (Å²) >= 11 is 0. The molecule has 2 rings (SSSR count). The Balaban J connectivity index is 2.08. The number of aromatic amines is 1. The number of ether oxygens (including phenoxy) is 2. The van der Waals surface area contributed by atoms with Crippen LogP contribution in [0.2, 0.25) is 0 Å². The molecule has 1 N–H and O–H groups in total. The van der Waals surface area contributed by atoms with Crippen molar-refractivity contribution in [3.63, 3.8) is 0 Å². The Bertz CT molecular complexity index is 723. The molecular formula is C18H21N3O4. The lowest BCUT2D eigenvalue weighted by Gasteiger charge is -2.24. The van der Waals surface area contributed by atoms with Crippen molar-refractivity contribution < 1.29 is 19.1 Å². The number of carbonyl (C=O) groups is 2. The van der Waals surface area contributed by atoms with Crippen LogP contribution in [0.15, 0.2) is 42.9 Å². The van der Waals surface area contributed by atoms with Crippen LogP contribution in [0.1, 0.15) is 11.3 Å². The fourth-order valence-corrected chi connectivity index (χ4v) is 2.27. The van der Waals surface area contributed by atoms with E-state index in [0.29, 0.717) is 6.42 Å². The van der Waals surface area contributed by atoms with Gasteiger partial charge < -0.3 is 19.4 Å². The molecule has 0 fully saturated rings. The van der Waals surface area contributed by atoms with E-state index in [2.05, 4.69) is 9.97 Å². The number of amides is 1. The summed E-state index contributed by atoms with van der Waals surface area (Å²) in [6, 6.07) is 6.56. The molecule has 0 aliphatic rings. The predicted octanol–water partition coefficient (Wildman–Crippen LogP) is 1.67. The Labute approximate surface area is 146 Å². The molecule has 7 nitrogen and oxygen atoms in total. The highest BCUT2D eigenvalue weighted by atomic mass is 16.5. The highest BCUT2D eigenvalue weighted by Crippen LogP contribution is 2.13. The number of hydrogen-bond acceptors (Lipinski definition) is 5. The van der Waals surface area contributed by atoms with Crippen LogP contribution in [-0.2, 0) is 20.7 Å². The van der Waals surface area contributed by atoms with E-state index >= 15 is 0 Å². The Morgan fingerprint density at radius 3 is 2.56 bits per heavy atom. The molecule has 1 heterocycles. The minimum Gasteiger partial charge on any atom is -0.497 e. The summed E-state index contributed by atoms with van der Waals surface area (Å²) in [5.41, 5.74) is 1.60. The number of rotatable bonds is 7. The number of imidazole rings is 1. The molecule has 0 aliphatic heterocycles. The van der Waals surface area contributed by atoms with E-state index in [9.17, 15) is 9.59 Å². The van der Waals surface area contributed by atoms with Gasteiger partial charge in [0.1, 0.15) is 11.8 Å². The number of carbonyl (C=O) groups excluding carboxylic acids is 2. The zero-order chi connectivity index (χ0) is 18.2. The number of likely N-dealkylation sites (N-methyl/N-ethyl adjacent to an activating group) is 1. The van der Waals surface area contributed by atoms with Crippen molar-refractivity contribution in [2.45, 2.75) is 12.5 Å². The average Bonchev–Trinajstić information content (AvgIpc) is 3.16. The van der Waals surface area contributed by atoms with Gasteiger partial charge in [0.05, 0.1) is 20.5 Å². The third-order valence-electron chi connectivity index (χ3n) is 3.79. The van der Waals surface area contributed by atoms with Gasteiger partial charge in [0, 0.05) is 31.4 Å². The molecule has 0 aliphatic carbocycles. The van der Waals surface area contributed by atoms with Gasteiger partial charge in [-0.3, -0.25) is 4.79 Å². The summed E-state index contributed by atoms with van der Waals surface area (Å²) in [5.74, 6) is -0.0417. The Morgan fingerprint density at radius 2 is 2.00 bits per heavy atom. The van der Waals surface area contributed by atoms with Crippen LogP contribution in [0.4, 0.5) is 0 Å². The molecule has 1 aromatic heterocycles. The van der Waals surface area contributed by atoms with E-state index in [1.54, 1.807) is 26.4 Å². The van der Waals surface area contributed by atoms with Gasteiger partial charge in [0.25, 0.3) is 0 Å². The molecule has 132 valence electrons. The first-order valence-corrected chi connectivity index (χ1v) is 7.69. The first-order chi connectivity index (χ1) is 12.0. The summed E-state index contributed by atoms with van der Waals surface area (Å²) in [4.78, 5) is 32.6. The molecule has 0 saturated carbocycles. The summed E-state index contributed by atoms with van der Waals surface area (Å²) in [5, 5.41) is 0. The van der Waals surface area contributed by atoms with E-state index in [4.69, 9.17) is 9.47 Å². The van der Waals surface area contributed by atoms with E-state index < -0.39 is 12.0 Å². The standard InChI is InChI=1S/C18H21N3O4/c1-21(16(18(23)25-3)10-14-11-19-12-20-14)17(22)9-6-13-4-7-15(24-2)8-5-13/h4-9,11-12,16H,10H2,1-3H3,(H,19,20)/t16-/m0/s1. The highest BCUT2D eigenvalue weighted by Gasteiger charge is 2.27. The largest absolute Gasteiger partial charge is 0.497 e. The van der Waals surface area contributed by atoms with Gasteiger partial charge in [-0.1, -0.05) is 12.1 Å². The molecule has 0 radical (unpaired) electrons. The Morgan fingerprint density at radius 1 is 1.28 bits per heavy atom. The van der Waals surface area contributed by atoms with Crippen molar-refractivity contribution in [3.05, 3.63) is 54.1 Å². The Hall–Kier alpha value is -3.09. The minimum atomic E-state index is -0.738. The van der Waals surface area contributed by atoms with Crippen LogP contribution < -0.4 is 4.74 Å². The number of H-pyrrole nitrogens is 1. The van der Waals surface area contributed by atoms with Crippen molar-refractivity contribution >= 4 is 18.0 Å². The number of nitrogens with one attached hydrogen (secondary N) is 1. The summed E-state index contributed by atoms with van der Waals surface area (Å²) < 4.78 is 9.91. The maximum atomic E-state index is 12.4. The van der Waals surface area contributed by atoms with Gasteiger partial charge >= 0.3 is 5.97 Å². The summed E-state index contributed by atoms with van der Waals surface area (Å²) in [6.07, 6.45) is 6.54. The molecule has 7 heteroatoms. The summed E-state index contributed by atoms with van der Waals surface area (Å²) in [7, 11) is 4.46. The van der Waals surface area contributed by atoms with Crippen LogP contribution >= 0.6 is 0 Å². The first kappa shape index (κ1) is 18.3. The van der Waals surface area contributed by atoms with Crippen LogP contribution in [0.25, 0.3) is 6.08 Å². The van der Waals surface area contributed by atoms with E-state index in [1.165, 1.54) is 24.4 Å². The topological polar surface area (TPSA) is 84.5 Å². The third-order valence-corrected chi connectivity index (χ3v) is 3.79. The fourth-order valence-electron chi connectivity index (χ4n) is 2.27. The smallest absolute Gasteiger partial charge is 0.328 e. The number of hydrogen-bond donors (Lipinski definition) is 1. The number of aromatic nitrogens is 2. The van der Waals surface area contributed by atoms with Crippen molar-refractivity contribution in [2.24, 2.45) is 0 Å². The molecular weight excluding hydrogens is 322 g/mol. The second kappa shape index (κ2) is 8.68. The molecule has 0 unspecified atom stereocenters. The second-order valence-electron chi connectivity index (χ2n) is 5.38. The van der Waals surface area contributed by atoms with Gasteiger partial charge in [-0.15, -0.1) is 0 Å². The van der Waals surface area contributed by atoms with Crippen molar-refractivity contribution in [3.8, 4) is 5.75 Å². The number of methoxy groups -OCH3 is 2. The lowest BCUT2D eigenvalue weighted by molar-refractivity contribution is -0.150. The van der Waals surface area contributed by atoms with E-state index in [1.807, 2.05) is 24.3 Å². The average molecular weight is 343 g/mol. The zero-order valence-corrected chi connectivity index (χ0v) is 14.4. The molecule has 2 aromatic rings. The number of esters is 1. The van der Waals surface area contributed by atoms with Crippen molar-refractivity contribution in [2.75, 3.05) is 21.3 Å². The third kappa shape index (κ3) is 4.94. The van der Waals surface area contributed by atoms with Crippen molar-refractivity contribution in [1.29, 1.82) is 0 Å². The van der Waals surface area contributed by atoms with Gasteiger partial charge in [0.15, 0.2) is 0 Å². The quantitative estimate of drug-likeness (QED) is 0.611. The minimum absolute atomic E-state index is 0.297. The molecule has 0 spiro atoms. The molecule has 1 amide bonds. The van der Waals surface area contributed by atoms with Crippen molar-refractivity contribution in [1.82, 2.24) is 14.9 Å². The van der Waals surface area contributed by atoms with Crippen LogP contribution in [0, 0.1) is 0 Å². The predicted molar refractivity (Wildman–Crippen MR) is 92.9 cm³/mol. The highest BCUT2D eigenvalue weighted by molar-refractivity contribution is 5.94. The number of nitrogens with zero attached hydrogens (tertiary/aromatic N) is 2. The van der Waals surface area contributed by atoms with Crippen LogP contribution in [0.3, 0.4) is 0 Å². The van der Waals surface area contributed by atoms with Crippen LogP contribution in [0.5, 0.6) is 5.75 Å². The molecule has 0 saturated heterocycles. The van der Waals surface area contributed by atoms with Gasteiger partial charge in [0.2, 0.25) is 5.91 Å². The lowest BCUT2D eigenvalue weighted by atomic mass is 10.1. The normalized spacial score (nSPS) is 12.0. The number of benzene rings is 1. The lowest BCUT2D eigenvalue weighted by Crippen LogP contribution is -2.43.